The number of hydrogen-bond donors (Lipinski definition) is 1. The van der Waals surface area contributed by atoms with Crippen LogP contribution in [0.5, 0.6) is 0 Å². The number of rotatable bonds is 5. The molecule has 0 radical (unpaired) electrons. The summed E-state index contributed by atoms with van der Waals surface area (Å²) in [7, 11) is 5.42. The van der Waals surface area contributed by atoms with Gasteiger partial charge in [-0.25, -0.2) is 4.98 Å². The Labute approximate surface area is 146 Å². The summed E-state index contributed by atoms with van der Waals surface area (Å²) in [6.07, 6.45) is 5.38. The molecule has 6 nitrogen and oxygen atoms in total. The van der Waals surface area contributed by atoms with Crippen molar-refractivity contribution in [2.75, 3.05) is 14.1 Å². The molecule has 0 aliphatic carbocycles. The lowest BCUT2D eigenvalue weighted by Gasteiger charge is -2.22. The SMILES string of the molecule is CNC(C(=O)N(C)Cc1cnc(C)s1)c1cnn(C)c1.Cl.Cl. The van der Waals surface area contributed by atoms with E-state index < -0.39 is 0 Å². The summed E-state index contributed by atoms with van der Waals surface area (Å²) < 4.78 is 1.69. The summed E-state index contributed by atoms with van der Waals surface area (Å²) >= 11 is 1.61. The molecule has 0 fully saturated rings. The molecule has 0 aliphatic heterocycles. The molecule has 0 aromatic carbocycles. The van der Waals surface area contributed by atoms with Crippen LogP contribution in [0.3, 0.4) is 0 Å². The highest BCUT2D eigenvalue weighted by Gasteiger charge is 2.23. The smallest absolute Gasteiger partial charge is 0.244 e. The van der Waals surface area contributed by atoms with E-state index in [4.69, 9.17) is 0 Å². The zero-order chi connectivity index (χ0) is 14.7. The van der Waals surface area contributed by atoms with Gasteiger partial charge in [-0.3, -0.25) is 9.48 Å². The van der Waals surface area contributed by atoms with Gasteiger partial charge < -0.3 is 10.2 Å². The Morgan fingerprint density at radius 3 is 2.59 bits per heavy atom. The lowest BCUT2D eigenvalue weighted by Crippen LogP contribution is -2.36. The van der Waals surface area contributed by atoms with Crippen LogP contribution in [0.4, 0.5) is 0 Å². The van der Waals surface area contributed by atoms with Crippen molar-refractivity contribution in [1.82, 2.24) is 25.0 Å². The molecule has 2 aromatic heterocycles. The minimum atomic E-state index is -0.372. The van der Waals surface area contributed by atoms with Crippen molar-refractivity contribution in [1.29, 1.82) is 0 Å². The maximum atomic E-state index is 12.5. The van der Waals surface area contributed by atoms with Crippen LogP contribution in [0.15, 0.2) is 18.6 Å². The first kappa shape index (κ1) is 20.9. The fourth-order valence-corrected chi connectivity index (χ4v) is 2.88. The Morgan fingerprint density at radius 1 is 1.45 bits per heavy atom. The quantitative estimate of drug-likeness (QED) is 0.879. The highest BCUT2D eigenvalue weighted by molar-refractivity contribution is 7.11. The number of carbonyl (C=O) groups is 1. The molecule has 0 bridgehead atoms. The first-order chi connectivity index (χ1) is 9.51. The number of halogens is 2. The Bertz CT molecular complexity index is 601. The summed E-state index contributed by atoms with van der Waals surface area (Å²) in [6.45, 7) is 2.53. The molecule has 2 rings (SSSR count). The predicted octanol–water partition coefficient (Wildman–Crippen LogP) is 1.95. The van der Waals surface area contributed by atoms with Crippen molar-refractivity contribution >= 4 is 42.1 Å². The van der Waals surface area contributed by atoms with Gasteiger partial charge in [-0.2, -0.15) is 5.10 Å². The van der Waals surface area contributed by atoms with E-state index in [1.165, 1.54) is 0 Å². The van der Waals surface area contributed by atoms with Crippen molar-refractivity contribution in [3.63, 3.8) is 0 Å². The van der Waals surface area contributed by atoms with E-state index in [-0.39, 0.29) is 36.8 Å². The van der Waals surface area contributed by atoms with Crippen LogP contribution in [0.1, 0.15) is 21.5 Å². The summed E-state index contributed by atoms with van der Waals surface area (Å²) in [4.78, 5) is 19.5. The van der Waals surface area contributed by atoms with Gasteiger partial charge in [0, 0.05) is 36.9 Å². The van der Waals surface area contributed by atoms with E-state index in [9.17, 15) is 4.79 Å². The zero-order valence-electron chi connectivity index (χ0n) is 12.9. The molecule has 2 aromatic rings. The number of hydrogen-bond acceptors (Lipinski definition) is 5. The van der Waals surface area contributed by atoms with Gasteiger partial charge in [0.25, 0.3) is 0 Å². The number of nitrogens with one attached hydrogen (secondary N) is 1. The van der Waals surface area contributed by atoms with Gasteiger partial charge >= 0.3 is 0 Å². The Balaban J connectivity index is 0.00000220. The molecule has 0 saturated carbocycles. The molecule has 1 atom stereocenters. The van der Waals surface area contributed by atoms with Crippen molar-refractivity contribution in [3.05, 3.63) is 34.0 Å². The van der Waals surface area contributed by atoms with Crippen LogP contribution in [-0.4, -0.2) is 39.7 Å². The van der Waals surface area contributed by atoms with Crippen LogP contribution < -0.4 is 5.32 Å². The molecule has 124 valence electrons. The van der Waals surface area contributed by atoms with Crippen LogP contribution in [0.25, 0.3) is 0 Å². The topological polar surface area (TPSA) is 63.1 Å². The molecular weight excluding hydrogens is 345 g/mol. The maximum Gasteiger partial charge on any atom is 0.244 e. The van der Waals surface area contributed by atoms with Crippen molar-refractivity contribution in [2.45, 2.75) is 19.5 Å². The molecule has 1 amide bonds. The summed E-state index contributed by atoms with van der Waals surface area (Å²) in [6, 6.07) is -0.372. The lowest BCUT2D eigenvalue weighted by molar-refractivity contribution is -0.132. The monoisotopic (exact) mass is 365 g/mol. The second-order valence-corrected chi connectivity index (χ2v) is 6.03. The van der Waals surface area contributed by atoms with E-state index in [0.29, 0.717) is 6.54 Å². The fraction of sp³-hybridized carbons (Fsp3) is 0.462. The highest BCUT2D eigenvalue weighted by Crippen LogP contribution is 2.18. The van der Waals surface area contributed by atoms with Gasteiger partial charge in [0.1, 0.15) is 6.04 Å². The number of amides is 1. The Morgan fingerprint density at radius 2 is 2.14 bits per heavy atom. The third-order valence-electron chi connectivity index (χ3n) is 3.03. The zero-order valence-corrected chi connectivity index (χ0v) is 15.4. The lowest BCUT2D eigenvalue weighted by atomic mass is 10.1. The third-order valence-corrected chi connectivity index (χ3v) is 3.93. The van der Waals surface area contributed by atoms with E-state index in [1.807, 2.05) is 26.4 Å². The molecule has 0 aliphatic rings. The van der Waals surface area contributed by atoms with Crippen LogP contribution in [0.2, 0.25) is 0 Å². The number of likely N-dealkylation sites (N-methyl/N-ethyl adjacent to an activating group) is 2. The average Bonchev–Trinajstić information content (AvgIpc) is 2.99. The summed E-state index contributed by atoms with van der Waals surface area (Å²) in [5.74, 6) is 0.0200. The number of thiazole rings is 1. The maximum absolute atomic E-state index is 12.5. The summed E-state index contributed by atoms with van der Waals surface area (Å²) in [5, 5.41) is 8.17. The van der Waals surface area contributed by atoms with E-state index in [1.54, 1.807) is 41.2 Å². The van der Waals surface area contributed by atoms with E-state index >= 15 is 0 Å². The molecule has 9 heteroatoms. The van der Waals surface area contributed by atoms with E-state index in [2.05, 4.69) is 15.4 Å². The number of nitrogens with zero attached hydrogens (tertiary/aromatic N) is 4. The first-order valence-corrected chi connectivity index (χ1v) is 7.15. The van der Waals surface area contributed by atoms with Crippen LogP contribution in [-0.2, 0) is 18.4 Å². The minimum Gasteiger partial charge on any atom is -0.339 e. The van der Waals surface area contributed by atoms with Crippen molar-refractivity contribution in [2.24, 2.45) is 7.05 Å². The molecule has 1 N–H and O–H groups in total. The second kappa shape index (κ2) is 9.09. The largest absolute Gasteiger partial charge is 0.339 e. The summed E-state index contributed by atoms with van der Waals surface area (Å²) in [5.41, 5.74) is 0.868. The van der Waals surface area contributed by atoms with Gasteiger partial charge in [-0.05, 0) is 14.0 Å². The second-order valence-electron chi connectivity index (χ2n) is 4.71. The standard InChI is InChI=1S/C13H19N5OS.2ClH/c1-9-15-6-11(20-9)8-17(3)13(19)12(14-2)10-5-16-18(4)7-10;;/h5-7,12,14H,8H2,1-4H3;2*1H. The van der Waals surface area contributed by atoms with Crippen molar-refractivity contribution < 1.29 is 4.79 Å². The normalized spacial score (nSPS) is 11.3. The third kappa shape index (κ3) is 4.95. The van der Waals surface area contributed by atoms with Gasteiger partial charge in [-0.15, -0.1) is 36.2 Å². The van der Waals surface area contributed by atoms with Gasteiger partial charge in [-0.1, -0.05) is 0 Å². The highest BCUT2D eigenvalue weighted by atomic mass is 35.5. The Kier molecular flexibility index (Phi) is 8.62. The molecular formula is C13H21Cl2N5OS. The molecule has 2 heterocycles. The van der Waals surface area contributed by atoms with Crippen LogP contribution in [0, 0.1) is 6.92 Å². The van der Waals surface area contributed by atoms with Gasteiger partial charge in [0.2, 0.25) is 5.91 Å². The molecule has 22 heavy (non-hydrogen) atoms. The van der Waals surface area contributed by atoms with Gasteiger partial charge in [0.15, 0.2) is 0 Å². The number of aryl methyl sites for hydroxylation is 2. The molecule has 0 spiro atoms. The Hall–Kier alpha value is -1.15. The molecule has 0 saturated heterocycles. The van der Waals surface area contributed by atoms with E-state index in [0.717, 1.165) is 15.4 Å². The first-order valence-electron chi connectivity index (χ1n) is 6.33. The van der Waals surface area contributed by atoms with Crippen LogP contribution >= 0.6 is 36.2 Å². The number of aromatic nitrogens is 3. The fourth-order valence-electron chi connectivity index (χ4n) is 2.03. The van der Waals surface area contributed by atoms with Gasteiger partial charge in [0.05, 0.1) is 17.7 Å². The predicted molar refractivity (Wildman–Crippen MR) is 92.8 cm³/mol. The molecule has 1 unspecified atom stereocenters. The average molecular weight is 366 g/mol. The van der Waals surface area contributed by atoms with Crippen molar-refractivity contribution in [3.8, 4) is 0 Å². The number of carbonyl (C=O) groups excluding carboxylic acids is 1. The minimum absolute atomic E-state index is 0.